The molecule has 0 unspecified atom stereocenters. The van der Waals surface area contributed by atoms with Gasteiger partial charge in [0.2, 0.25) is 0 Å². The number of Topliss-reactive ketones (excluding diaryl/α,β-unsaturated/α-hetero) is 1. The fraction of sp³-hybridized carbons (Fsp3) is 0.917. The van der Waals surface area contributed by atoms with Gasteiger partial charge >= 0.3 is 0 Å². The highest BCUT2D eigenvalue weighted by Crippen LogP contribution is 2.36. The summed E-state index contributed by atoms with van der Waals surface area (Å²) in [5.74, 6) is 0.315. The van der Waals surface area contributed by atoms with Gasteiger partial charge in [-0.25, -0.2) is 0 Å². The molecule has 1 aliphatic rings. The highest BCUT2D eigenvalue weighted by molar-refractivity contribution is 5.75. The summed E-state index contributed by atoms with van der Waals surface area (Å²) >= 11 is 0. The zero-order valence-electron chi connectivity index (χ0n) is 9.81. The highest BCUT2D eigenvalue weighted by atomic mass is 16.1. The lowest BCUT2D eigenvalue weighted by Gasteiger charge is -2.26. The lowest BCUT2D eigenvalue weighted by Crippen LogP contribution is -2.27. The summed E-state index contributed by atoms with van der Waals surface area (Å²) in [5, 5.41) is 0. The summed E-state index contributed by atoms with van der Waals surface area (Å²) in [4.78, 5) is 13.3. The van der Waals surface area contributed by atoms with Gasteiger partial charge in [-0.3, -0.25) is 4.79 Å². The summed E-state index contributed by atoms with van der Waals surface area (Å²) in [6, 6.07) is 0. The largest absolute Gasteiger partial charge is 0.302 e. The second kappa shape index (κ2) is 4.92. The van der Waals surface area contributed by atoms with E-state index in [0.29, 0.717) is 11.2 Å². The molecular formula is C12H23NO. The summed E-state index contributed by atoms with van der Waals surface area (Å²) < 4.78 is 0. The lowest BCUT2D eigenvalue weighted by molar-refractivity contribution is -0.117. The van der Waals surface area contributed by atoms with Crippen molar-refractivity contribution >= 4 is 5.78 Å². The molecule has 0 aromatic heterocycles. The summed E-state index contributed by atoms with van der Waals surface area (Å²) in [5.41, 5.74) is 0.552. The Balaban J connectivity index is 2.36. The van der Waals surface area contributed by atoms with E-state index in [-0.39, 0.29) is 0 Å². The van der Waals surface area contributed by atoms with E-state index in [9.17, 15) is 4.79 Å². The molecule has 0 aromatic carbocycles. The van der Waals surface area contributed by atoms with Crippen molar-refractivity contribution in [1.82, 2.24) is 4.90 Å². The van der Waals surface area contributed by atoms with E-state index in [4.69, 9.17) is 0 Å². The number of nitrogens with zero attached hydrogens (tertiary/aromatic N) is 1. The Labute approximate surface area is 87.7 Å². The van der Waals surface area contributed by atoms with Crippen LogP contribution in [0.3, 0.4) is 0 Å². The predicted molar refractivity (Wildman–Crippen MR) is 59.4 cm³/mol. The van der Waals surface area contributed by atoms with Gasteiger partial charge in [-0.2, -0.15) is 0 Å². The molecular weight excluding hydrogens is 174 g/mol. The minimum atomic E-state index is 0.315. The normalized spacial score (nSPS) is 21.4. The Kier molecular flexibility index (Phi) is 4.11. The van der Waals surface area contributed by atoms with Crippen LogP contribution in [0.4, 0.5) is 0 Å². The van der Waals surface area contributed by atoms with Gasteiger partial charge in [-0.05, 0) is 38.1 Å². The van der Waals surface area contributed by atoms with Gasteiger partial charge in [-0.1, -0.05) is 13.8 Å². The van der Waals surface area contributed by atoms with E-state index in [1.165, 1.54) is 32.4 Å². The molecule has 0 N–H and O–H groups in total. The second-order valence-electron chi connectivity index (χ2n) is 4.69. The first-order chi connectivity index (χ1) is 6.62. The third-order valence-electron chi connectivity index (χ3n) is 3.80. The first-order valence-corrected chi connectivity index (χ1v) is 5.83. The second-order valence-corrected chi connectivity index (χ2v) is 4.69. The van der Waals surface area contributed by atoms with E-state index in [0.717, 1.165) is 13.0 Å². The van der Waals surface area contributed by atoms with Crippen molar-refractivity contribution in [3.8, 4) is 0 Å². The van der Waals surface area contributed by atoms with E-state index in [2.05, 4.69) is 18.7 Å². The lowest BCUT2D eigenvalue weighted by atomic mass is 9.82. The average molecular weight is 197 g/mol. The van der Waals surface area contributed by atoms with Crippen molar-refractivity contribution in [3.05, 3.63) is 0 Å². The van der Waals surface area contributed by atoms with Gasteiger partial charge < -0.3 is 4.90 Å². The summed E-state index contributed by atoms with van der Waals surface area (Å²) in [6.45, 7) is 9.62. The zero-order chi connectivity index (χ0) is 10.6. The van der Waals surface area contributed by atoms with Crippen molar-refractivity contribution in [2.24, 2.45) is 5.41 Å². The van der Waals surface area contributed by atoms with Gasteiger partial charge in [0, 0.05) is 19.5 Å². The molecule has 1 heterocycles. The first kappa shape index (κ1) is 11.7. The summed E-state index contributed by atoms with van der Waals surface area (Å²) in [6.07, 6.45) is 4.60. The van der Waals surface area contributed by atoms with Crippen LogP contribution in [0.1, 0.15) is 46.5 Å². The van der Waals surface area contributed by atoms with Crippen molar-refractivity contribution in [2.45, 2.75) is 46.5 Å². The van der Waals surface area contributed by atoms with E-state index in [1.807, 2.05) is 0 Å². The maximum absolute atomic E-state index is 10.9. The van der Waals surface area contributed by atoms with E-state index < -0.39 is 0 Å². The zero-order valence-corrected chi connectivity index (χ0v) is 9.81. The molecule has 1 rings (SSSR count). The number of hydrogen-bond acceptors (Lipinski definition) is 2. The van der Waals surface area contributed by atoms with Gasteiger partial charge in [0.25, 0.3) is 0 Å². The molecule has 0 spiro atoms. The van der Waals surface area contributed by atoms with Gasteiger partial charge in [0.05, 0.1) is 0 Å². The number of rotatable bonds is 5. The van der Waals surface area contributed by atoms with Crippen LogP contribution in [0.25, 0.3) is 0 Å². The number of likely N-dealkylation sites (tertiary alicyclic amines) is 1. The molecule has 1 fully saturated rings. The van der Waals surface area contributed by atoms with Crippen LogP contribution >= 0.6 is 0 Å². The van der Waals surface area contributed by atoms with Crippen molar-refractivity contribution in [1.29, 1.82) is 0 Å². The van der Waals surface area contributed by atoms with Crippen LogP contribution < -0.4 is 0 Å². The Morgan fingerprint density at radius 2 is 2.00 bits per heavy atom. The molecule has 2 heteroatoms. The predicted octanol–water partition coefficient (Wildman–Crippen LogP) is 2.48. The van der Waals surface area contributed by atoms with Crippen LogP contribution in [0, 0.1) is 5.41 Å². The molecule has 1 aliphatic heterocycles. The third-order valence-corrected chi connectivity index (χ3v) is 3.80. The van der Waals surface area contributed by atoms with Crippen LogP contribution in [0.15, 0.2) is 0 Å². The molecule has 0 bridgehead atoms. The van der Waals surface area contributed by atoms with Gasteiger partial charge in [0.1, 0.15) is 5.78 Å². The van der Waals surface area contributed by atoms with Crippen LogP contribution in [-0.2, 0) is 4.79 Å². The first-order valence-electron chi connectivity index (χ1n) is 5.83. The fourth-order valence-corrected chi connectivity index (χ4v) is 2.36. The van der Waals surface area contributed by atoms with Gasteiger partial charge in [-0.15, -0.1) is 0 Å². The Bertz CT molecular complexity index is 196. The quantitative estimate of drug-likeness (QED) is 0.675. The maximum Gasteiger partial charge on any atom is 0.131 e. The smallest absolute Gasteiger partial charge is 0.131 e. The third kappa shape index (κ3) is 2.81. The van der Waals surface area contributed by atoms with E-state index in [1.54, 1.807) is 6.92 Å². The highest BCUT2D eigenvalue weighted by Gasteiger charge is 2.34. The van der Waals surface area contributed by atoms with Crippen molar-refractivity contribution in [2.75, 3.05) is 19.6 Å². The molecule has 0 amide bonds. The molecule has 1 saturated heterocycles. The molecule has 0 atom stereocenters. The molecule has 0 aliphatic carbocycles. The topological polar surface area (TPSA) is 20.3 Å². The standard InChI is InChI=1S/C12H23NO/c1-4-12(5-2)7-9-13(10-12)8-6-11(3)14/h4-10H2,1-3H3. The van der Waals surface area contributed by atoms with Crippen LogP contribution in [-0.4, -0.2) is 30.3 Å². The van der Waals surface area contributed by atoms with Gasteiger partial charge in [0.15, 0.2) is 0 Å². The fourth-order valence-electron chi connectivity index (χ4n) is 2.36. The molecule has 0 radical (unpaired) electrons. The molecule has 82 valence electrons. The van der Waals surface area contributed by atoms with Crippen LogP contribution in [0.5, 0.6) is 0 Å². The average Bonchev–Trinajstić information content (AvgIpc) is 2.59. The van der Waals surface area contributed by atoms with Crippen molar-refractivity contribution < 1.29 is 4.79 Å². The number of ketones is 1. The monoisotopic (exact) mass is 197 g/mol. The number of carbonyl (C=O) groups excluding carboxylic acids is 1. The van der Waals surface area contributed by atoms with Crippen molar-refractivity contribution in [3.63, 3.8) is 0 Å². The minimum Gasteiger partial charge on any atom is -0.302 e. The molecule has 2 nitrogen and oxygen atoms in total. The SMILES string of the molecule is CCC1(CC)CCN(CCC(C)=O)C1. The molecule has 14 heavy (non-hydrogen) atoms. The molecule has 0 saturated carbocycles. The Morgan fingerprint density at radius 1 is 1.36 bits per heavy atom. The molecule has 0 aromatic rings. The van der Waals surface area contributed by atoms with Crippen LogP contribution in [0.2, 0.25) is 0 Å². The minimum absolute atomic E-state index is 0.315. The number of carbonyl (C=O) groups is 1. The number of hydrogen-bond donors (Lipinski definition) is 0. The maximum atomic E-state index is 10.9. The Morgan fingerprint density at radius 3 is 2.43 bits per heavy atom. The Hall–Kier alpha value is -0.370. The summed E-state index contributed by atoms with van der Waals surface area (Å²) in [7, 11) is 0. The van der Waals surface area contributed by atoms with E-state index >= 15 is 0 Å².